The molecule has 31 heavy (non-hydrogen) atoms. The van der Waals surface area contributed by atoms with Gasteiger partial charge in [-0.05, 0) is 49.1 Å². The zero-order chi connectivity index (χ0) is 21.8. The number of anilines is 1. The maximum atomic E-state index is 12.9. The second-order valence-electron chi connectivity index (χ2n) is 6.97. The molecule has 0 amide bonds. The van der Waals surface area contributed by atoms with Crippen LogP contribution in [0.1, 0.15) is 16.7 Å². The number of rotatable bonds is 7. The number of thiophene rings is 1. The van der Waals surface area contributed by atoms with Crippen molar-refractivity contribution in [2.75, 3.05) is 4.72 Å². The van der Waals surface area contributed by atoms with Crippen LogP contribution in [0.15, 0.2) is 71.3 Å². The van der Waals surface area contributed by atoms with Gasteiger partial charge >= 0.3 is 0 Å². The minimum absolute atomic E-state index is 0.0292. The third-order valence-electron chi connectivity index (χ3n) is 4.38. The van der Waals surface area contributed by atoms with Crippen molar-refractivity contribution in [3.05, 3.63) is 83.1 Å². The van der Waals surface area contributed by atoms with Crippen LogP contribution in [0.5, 0.6) is 5.88 Å². The highest BCUT2D eigenvalue weighted by atomic mass is 32.2. The average Bonchev–Trinajstić information content (AvgIpc) is 3.20. The van der Waals surface area contributed by atoms with Gasteiger partial charge < -0.3 is 4.74 Å². The third-order valence-corrected chi connectivity index (χ3v) is 6.81. The van der Waals surface area contributed by atoms with Gasteiger partial charge in [0.1, 0.15) is 12.3 Å². The molecule has 7 nitrogen and oxygen atoms in total. The summed E-state index contributed by atoms with van der Waals surface area (Å²) >= 11 is 1.54. The first-order chi connectivity index (χ1) is 14.9. The number of pyridine rings is 1. The van der Waals surface area contributed by atoms with Crippen molar-refractivity contribution in [2.45, 2.75) is 25.3 Å². The molecule has 0 aliphatic heterocycles. The predicted molar refractivity (Wildman–Crippen MR) is 121 cm³/mol. The highest BCUT2D eigenvalue weighted by molar-refractivity contribution is 7.92. The normalized spacial score (nSPS) is 11.3. The molecule has 0 saturated carbocycles. The smallest absolute Gasteiger partial charge is 0.263 e. The van der Waals surface area contributed by atoms with Gasteiger partial charge in [-0.15, -0.1) is 11.3 Å². The van der Waals surface area contributed by atoms with Crippen LogP contribution in [0.25, 0.3) is 10.6 Å². The Balaban J connectivity index is 1.67. The fourth-order valence-corrected chi connectivity index (χ4v) is 4.63. The van der Waals surface area contributed by atoms with E-state index < -0.39 is 10.0 Å². The number of nitrogens with zero attached hydrogens (tertiary/aromatic N) is 3. The van der Waals surface area contributed by atoms with E-state index in [4.69, 9.17) is 4.74 Å². The molecule has 0 spiro atoms. The van der Waals surface area contributed by atoms with Gasteiger partial charge in [-0.3, -0.25) is 9.71 Å². The van der Waals surface area contributed by atoms with Crippen molar-refractivity contribution in [1.29, 1.82) is 0 Å². The van der Waals surface area contributed by atoms with E-state index in [1.165, 1.54) is 17.5 Å². The van der Waals surface area contributed by atoms with Crippen molar-refractivity contribution in [1.82, 2.24) is 15.0 Å². The predicted octanol–water partition coefficient (Wildman–Crippen LogP) is 4.60. The third kappa shape index (κ3) is 5.07. The lowest BCUT2D eigenvalue weighted by Gasteiger charge is -2.13. The van der Waals surface area contributed by atoms with Crippen molar-refractivity contribution < 1.29 is 13.2 Å². The standard InChI is InChI=1S/C22H20N4O3S2/c1-15-5-7-18(8-6-15)31(27,28)26-21-22(29-13-17-4-3-9-23-11-17)25-19(12-24-21)20-10-16(2)14-30-20/h3-12,14H,13H2,1-2H3,(H,24,26). The summed E-state index contributed by atoms with van der Waals surface area (Å²) in [6.07, 6.45) is 4.88. The number of hydrogen-bond acceptors (Lipinski definition) is 7. The number of nitrogens with one attached hydrogen (secondary N) is 1. The van der Waals surface area contributed by atoms with Crippen LogP contribution in [0.2, 0.25) is 0 Å². The van der Waals surface area contributed by atoms with E-state index in [0.717, 1.165) is 21.6 Å². The number of benzene rings is 1. The number of ether oxygens (including phenoxy) is 1. The Kier molecular flexibility index (Phi) is 5.97. The van der Waals surface area contributed by atoms with E-state index in [-0.39, 0.29) is 23.2 Å². The van der Waals surface area contributed by atoms with E-state index in [0.29, 0.717) is 5.69 Å². The maximum Gasteiger partial charge on any atom is 0.263 e. The van der Waals surface area contributed by atoms with E-state index in [9.17, 15) is 8.42 Å². The summed E-state index contributed by atoms with van der Waals surface area (Å²) in [6, 6.07) is 12.2. The summed E-state index contributed by atoms with van der Waals surface area (Å²) in [5.41, 5.74) is 3.52. The van der Waals surface area contributed by atoms with Crippen LogP contribution >= 0.6 is 11.3 Å². The Morgan fingerprint density at radius 3 is 2.55 bits per heavy atom. The highest BCUT2D eigenvalue weighted by Gasteiger charge is 2.20. The molecule has 0 aliphatic rings. The van der Waals surface area contributed by atoms with Gasteiger partial charge in [-0.25, -0.2) is 18.4 Å². The monoisotopic (exact) mass is 452 g/mol. The average molecular weight is 453 g/mol. The topological polar surface area (TPSA) is 94.1 Å². The molecule has 0 atom stereocenters. The number of sulfonamides is 1. The molecule has 1 N–H and O–H groups in total. The number of aryl methyl sites for hydroxylation is 2. The van der Waals surface area contributed by atoms with Gasteiger partial charge in [-0.1, -0.05) is 23.8 Å². The minimum atomic E-state index is -3.85. The Morgan fingerprint density at radius 1 is 1.06 bits per heavy atom. The molecule has 0 aliphatic carbocycles. The van der Waals surface area contributed by atoms with Crippen molar-refractivity contribution in [2.24, 2.45) is 0 Å². The Hall–Kier alpha value is -3.30. The molecule has 1 aromatic carbocycles. The van der Waals surface area contributed by atoms with Gasteiger partial charge in [-0.2, -0.15) is 0 Å². The van der Waals surface area contributed by atoms with E-state index in [2.05, 4.69) is 19.7 Å². The molecule has 0 saturated heterocycles. The summed E-state index contributed by atoms with van der Waals surface area (Å²) in [5, 5.41) is 2.02. The minimum Gasteiger partial charge on any atom is -0.470 e. The van der Waals surface area contributed by atoms with Crippen molar-refractivity contribution in [3.8, 4) is 16.5 Å². The molecular weight excluding hydrogens is 432 g/mol. The lowest BCUT2D eigenvalue weighted by Crippen LogP contribution is -2.15. The first-order valence-electron chi connectivity index (χ1n) is 9.44. The fourth-order valence-electron chi connectivity index (χ4n) is 2.77. The quantitative estimate of drug-likeness (QED) is 0.441. The SMILES string of the molecule is Cc1ccc(S(=O)(=O)Nc2ncc(-c3cc(C)cs3)nc2OCc2cccnc2)cc1. The Bertz CT molecular complexity index is 1290. The molecular formula is C22H20N4O3S2. The number of hydrogen-bond donors (Lipinski definition) is 1. The Labute approximate surface area is 184 Å². The lowest BCUT2D eigenvalue weighted by atomic mass is 10.2. The zero-order valence-electron chi connectivity index (χ0n) is 16.9. The summed E-state index contributed by atoms with van der Waals surface area (Å²) in [4.78, 5) is 14.0. The van der Waals surface area contributed by atoms with Crippen molar-refractivity contribution >= 4 is 27.2 Å². The van der Waals surface area contributed by atoms with Gasteiger partial charge in [0.05, 0.1) is 16.0 Å². The summed E-state index contributed by atoms with van der Waals surface area (Å²) in [6.45, 7) is 4.07. The van der Waals surface area contributed by atoms with Gasteiger partial charge in [0, 0.05) is 18.0 Å². The second kappa shape index (κ2) is 8.83. The molecule has 0 unspecified atom stereocenters. The van der Waals surface area contributed by atoms with E-state index >= 15 is 0 Å². The molecule has 0 fully saturated rings. The molecule has 0 radical (unpaired) electrons. The van der Waals surface area contributed by atoms with E-state index in [1.54, 1.807) is 42.7 Å². The summed E-state index contributed by atoms with van der Waals surface area (Å²) < 4.78 is 34.1. The van der Waals surface area contributed by atoms with Crippen LogP contribution in [-0.4, -0.2) is 23.4 Å². The van der Waals surface area contributed by atoms with Crippen molar-refractivity contribution in [3.63, 3.8) is 0 Å². The molecule has 4 aromatic rings. The molecule has 4 rings (SSSR count). The summed E-state index contributed by atoms with van der Waals surface area (Å²) in [7, 11) is -3.85. The molecule has 0 bridgehead atoms. The highest BCUT2D eigenvalue weighted by Crippen LogP contribution is 2.30. The maximum absolute atomic E-state index is 12.9. The molecule has 158 valence electrons. The fraction of sp³-hybridized carbons (Fsp3) is 0.136. The number of aromatic nitrogens is 3. The van der Waals surface area contributed by atoms with Crippen LogP contribution in [-0.2, 0) is 16.6 Å². The van der Waals surface area contributed by atoms with Gasteiger partial charge in [0.2, 0.25) is 5.82 Å². The molecule has 9 heteroatoms. The van der Waals surface area contributed by atoms with Gasteiger partial charge in [0.15, 0.2) is 0 Å². The second-order valence-corrected chi connectivity index (χ2v) is 9.56. The lowest BCUT2D eigenvalue weighted by molar-refractivity contribution is 0.294. The first kappa shape index (κ1) is 21.0. The Morgan fingerprint density at radius 2 is 1.87 bits per heavy atom. The zero-order valence-corrected chi connectivity index (χ0v) is 18.6. The molecule has 3 heterocycles. The van der Waals surface area contributed by atoms with Gasteiger partial charge in [0.25, 0.3) is 15.9 Å². The largest absolute Gasteiger partial charge is 0.470 e. The van der Waals surface area contributed by atoms with Crippen LogP contribution in [0.4, 0.5) is 5.82 Å². The van der Waals surface area contributed by atoms with Crippen LogP contribution in [0, 0.1) is 13.8 Å². The molecule has 3 aromatic heterocycles. The first-order valence-corrected chi connectivity index (χ1v) is 11.8. The van der Waals surface area contributed by atoms with E-state index in [1.807, 2.05) is 31.4 Å². The summed E-state index contributed by atoms with van der Waals surface area (Å²) in [5.74, 6) is 0.129. The van der Waals surface area contributed by atoms with Crippen LogP contribution < -0.4 is 9.46 Å². The van der Waals surface area contributed by atoms with Crippen LogP contribution in [0.3, 0.4) is 0 Å².